The number of nitrogens with one attached hydrogen (secondary N) is 2. The molecule has 5 nitrogen and oxygen atoms in total. The Labute approximate surface area is 204 Å². The standard InChI is InChI=1S/C30H28N2O3/c1-34-23-11-9-19(10-12-23)26(27-17-31-28-8-3-2-7-24(27)28)16-32-30(33)15-22-18-35-29-14-21-6-4-5-20(21)13-25(22)29/h2-3,7-14,17-18,26,31H,4-6,15-16H2,1H3,(H,32,33)/t26-/m1/s1. The van der Waals surface area contributed by atoms with Crippen LogP contribution < -0.4 is 10.1 Å². The summed E-state index contributed by atoms with van der Waals surface area (Å²) in [5.74, 6) is 0.811. The number of aryl methyl sites for hydroxylation is 2. The Morgan fingerprint density at radius 2 is 1.86 bits per heavy atom. The molecule has 5 aromatic rings. The van der Waals surface area contributed by atoms with Crippen LogP contribution in [0.3, 0.4) is 0 Å². The van der Waals surface area contributed by atoms with E-state index in [1.54, 1.807) is 13.4 Å². The summed E-state index contributed by atoms with van der Waals surface area (Å²) in [6.45, 7) is 0.498. The van der Waals surface area contributed by atoms with Crippen LogP contribution in [-0.4, -0.2) is 24.5 Å². The minimum atomic E-state index is -0.00782. The number of rotatable bonds is 7. The van der Waals surface area contributed by atoms with Crippen molar-refractivity contribution in [1.82, 2.24) is 10.3 Å². The molecule has 176 valence electrons. The van der Waals surface area contributed by atoms with Crippen LogP contribution in [0.5, 0.6) is 5.75 Å². The number of H-pyrrole nitrogens is 1. The minimum absolute atomic E-state index is 0.00497. The van der Waals surface area contributed by atoms with Crippen molar-refractivity contribution in [2.24, 2.45) is 0 Å². The number of furan rings is 1. The molecule has 0 unspecified atom stereocenters. The summed E-state index contributed by atoms with van der Waals surface area (Å²) >= 11 is 0. The van der Waals surface area contributed by atoms with Gasteiger partial charge in [-0.05, 0) is 71.8 Å². The van der Waals surface area contributed by atoms with Gasteiger partial charge in [0.25, 0.3) is 0 Å². The highest BCUT2D eigenvalue weighted by atomic mass is 16.5. The molecule has 2 aromatic heterocycles. The second-order valence-corrected chi connectivity index (χ2v) is 9.33. The summed E-state index contributed by atoms with van der Waals surface area (Å²) in [6.07, 6.45) is 7.50. The molecule has 0 saturated carbocycles. The zero-order valence-corrected chi connectivity index (χ0v) is 19.8. The normalized spacial score (nSPS) is 13.7. The molecule has 2 N–H and O–H groups in total. The van der Waals surface area contributed by atoms with Gasteiger partial charge in [-0.25, -0.2) is 0 Å². The number of carbonyl (C=O) groups is 1. The van der Waals surface area contributed by atoms with Crippen molar-refractivity contribution in [3.05, 3.63) is 101 Å². The third kappa shape index (κ3) is 4.08. The molecule has 1 aliphatic rings. The highest BCUT2D eigenvalue weighted by Gasteiger charge is 2.21. The van der Waals surface area contributed by atoms with Gasteiger partial charge in [-0.15, -0.1) is 0 Å². The summed E-state index contributed by atoms with van der Waals surface area (Å²) in [6, 6.07) is 20.7. The van der Waals surface area contributed by atoms with Crippen LogP contribution in [-0.2, 0) is 24.1 Å². The van der Waals surface area contributed by atoms with Crippen molar-refractivity contribution in [2.75, 3.05) is 13.7 Å². The van der Waals surface area contributed by atoms with Gasteiger partial charge in [0.15, 0.2) is 0 Å². The lowest BCUT2D eigenvalue weighted by Crippen LogP contribution is -2.30. The quantitative estimate of drug-likeness (QED) is 0.315. The molecular weight excluding hydrogens is 436 g/mol. The smallest absolute Gasteiger partial charge is 0.224 e. The minimum Gasteiger partial charge on any atom is -0.497 e. The summed E-state index contributed by atoms with van der Waals surface area (Å²) in [5, 5.41) is 5.42. The van der Waals surface area contributed by atoms with Gasteiger partial charge in [-0.2, -0.15) is 0 Å². The number of aromatic nitrogens is 1. The van der Waals surface area contributed by atoms with Gasteiger partial charge in [0.05, 0.1) is 19.8 Å². The molecule has 0 saturated heterocycles. The van der Waals surface area contributed by atoms with Gasteiger partial charge in [0.2, 0.25) is 5.91 Å². The predicted octanol–water partition coefficient (Wildman–Crippen LogP) is 5.90. The summed E-state index contributed by atoms with van der Waals surface area (Å²) < 4.78 is 11.1. The van der Waals surface area contributed by atoms with E-state index in [0.717, 1.165) is 57.2 Å². The van der Waals surface area contributed by atoms with Gasteiger partial charge >= 0.3 is 0 Å². The third-order valence-electron chi connectivity index (χ3n) is 7.24. The van der Waals surface area contributed by atoms with E-state index in [-0.39, 0.29) is 11.8 Å². The maximum atomic E-state index is 13.1. The molecule has 35 heavy (non-hydrogen) atoms. The number of hydrogen-bond acceptors (Lipinski definition) is 3. The molecule has 2 heterocycles. The van der Waals surface area contributed by atoms with Crippen molar-refractivity contribution >= 4 is 27.8 Å². The van der Waals surface area contributed by atoms with Gasteiger partial charge < -0.3 is 19.5 Å². The maximum absolute atomic E-state index is 13.1. The summed E-state index contributed by atoms with van der Waals surface area (Å²) in [4.78, 5) is 16.5. The van der Waals surface area contributed by atoms with Crippen LogP contribution in [0.2, 0.25) is 0 Å². The molecule has 0 radical (unpaired) electrons. The molecule has 1 atom stereocenters. The fourth-order valence-electron chi connectivity index (χ4n) is 5.36. The van der Waals surface area contributed by atoms with Crippen molar-refractivity contribution in [1.29, 1.82) is 0 Å². The van der Waals surface area contributed by atoms with E-state index in [4.69, 9.17) is 9.15 Å². The van der Waals surface area contributed by atoms with Gasteiger partial charge in [-0.1, -0.05) is 30.3 Å². The maximum Gasteiger partial charge on any atom is 0.224 e. The molecule has 5 heteroatoms. The number of benzene rings is 3. The van der Waals surface area contributed by atoms with E-state index in [2.05, 4.69) is 52.9 Å². The summed E-state index contributed by atoms with van der Waals surface area (Å²) in [5.41, 5.74) is 7.97. The first-order valence-corrected chi connectivity index (χ1v) is 12.2. The zero-order valence-electron chi connectivity index (χ0n) is 19.8. The van der Waals surface area contributed by atoms with Crippen LogP contribution in [0, 0.1) is 0 Å². The fourth-order valence-corrected chi connectivity index (χ4v) is 5.36. The Hall–Kier alpha value is -3.99. The molecule has 0 fully saturated rings. The van der Waals surface area contributed by atoms with Crippen LogP contribution in [0.25, 0.3) is 21.9 Å². The van der Waals surface area contributed by atoms with Gasteiger partial charge in [-0.3, -0.25) is 4.79 Å². The van der Waals surface area contributed by atoms with Crippen LogP contribution >= 0.6 is 0 Å². The molecule has 3 aromatic carbocycles. The number of amides is 1. The van der Waals surface area contributed by atoms with E-state index in [1.165, 1.54) is 17.5 Å². The Morgan fingerprint density at radius 1 is 1.06 bits per heavy atom. The zero-order chi connectivity index (χ0) is 23.8. The lowest BCUT2D eigenvalue weighted by Gasteiger charge is -2.18. The number of hydrogen-bond donors (Lipinski definition) is 2. The first kappa shape index (κ1) is 21.5. The molecule has 1 aliphatic carbocycles. The van der Waals surface area contributed by atoms with E-state index in [9.17, 15) is 4.79 Å². The number of para-hydroxylation sites is 1. The Bertz CT molecular complexity index is 1510. The summed E-state index contributed by atoms with van der Waals surface area (Å²) in [7, 11) is 1.67. The average Bonchev–Trinajstić information content (AvgIpc) is 3.62. The first-order valence-electron chi connectivity index (χ1n) is 12.2. The van der Waals surface area contributed by atoms with Gasteiger partial charge in [0.1, 0.15) is 11.3 Å². The number of aromatic amines is 1. The van der Waals surface area contributed by atoms with Crippen LogP contribution in [0.15, 0.2) is 77.5 Å². The molecule has 0 bridgehead atoms. The second-order valence-electron chi connectivity index (χ2n) is 9.33. The first-order chi connectivity index (χ1) is 17.2. The lowest BCUT2D eigenvalue weighted by molar-refractivity contribution is -0.120. The van der Waals surface area contributed by atoms with Crippen LogP contribution in [0.4, 0.5) is 0 Å². The number of methoxy groups -OCH3 is 1. The van der Waals surface area contributed by atoms with E-state index >= 15 is 0 Å². The van der Waals surface area contributed by atoms with E-state index in [0.29, 0.717) is 13.0 Å². The Kier molecular flexibility index (Phi) is 5.53. The van der Waals surface area contributed by atoms with Crippen molar-refractivity contribution in [2.45, 2.75) is 31.6 Å². The second kappa shape index (κ2) is 8.99. The van der Waals surface area contributed by atoms with Crippen LogP contribution in [0.1, 0.15) is 40.2 Å². The topological polar surface area (TPSA) is 67.3 Å². The number of ether oxygens (including phenoxy) is 1. The molecule has 0 spiro atoms. The largest absolute Gasteiger partial charge is 0.497 e. The van der Waals surface area contributed by atoms with E-state index in [1.807, 2.05) is 24.3 Å². The van der Waals surface area contributed by atoms with E-state index < -0.39 is 0 Å². The highest BCUT2D eigenvalue weighted by molar-refractivity contribution is 5.89. The van der Waals surface area contributed by atoms with Crippen molar-refractivity contribution in [3.8, 4) is 5.75 Å². The highest BCUT2D eigenvalue weighted by Crippen LogP contribution is 2.32. The number of fused-ring (bicyclic) bond motifs is 3. The number of carbonyl (C=O) groups excluding carboxylic acids is 1. The van der Waals surface area contributed by atoms with Gasteiger partial charge in [0, 0.05) is 40.5 Å². The van der Waals surface area contributed by atoms with Crippen molar-refractivity contribution < 1.29 is 13.9 Å². The monoisotopic (exact) mass is 464 g/mol. The van der Waals surface area contributed by atoms with Crippen molar-refractivity contribution in [3.63, 3.8) is 0 Å². The molecule has 0 aliphatic heterocycles. The Balaban J connectivity index is 1.24. The molecular formula is C30H28N2O3. The third-order valence-corrected chi connectivity index (χ3v) is 7.24. The Morgan fingerprint density at radius 3 is 2.69 bits per heavy atom. The average molecular weight is 465 g/mol. The fraction of sp³-hybridized carbons (Fsp3) is 0.233. The lowest BCUT2D eigenvalue weighted by atomic mass is 9.90. The SMILES string of the molecule is COc1ccc([C@@H](CNC(=O)Cc2coc3cc4c(cc23)CCC4)c2c[nH]c3ccccc23)cc1. The predicted molar refractivity (Wildman–Crippen MR) is 138 cm³/mol. The molecule has 1 amide bonds. The molecule has 6 rings (SSSR count).